The van der Waals surface area contributed by atoms with E-state index in [1.54, 1.807) is 4.68 Å². The normalized spacial score (nSPS) is 14.6. The van der Waals surface area contributed by atoms with Crippen molar-refractivity contribution in [2.45, 2.75) is 0 Å². The van der Waals surface area contributed by atoms with Crippen molar-refractivity contribution in [2.24, 2.45) is 7.05 Å². The third-order valence-corrected chi connectivity index (χ3v) is 6.56. The van der Waals surface area contributed by atoms with E-state index in [-0.39, 0.29) is 5.91 Å². The van der Waals surface area contributed by atoms with E-state index in [9.17, 15) is 4.79 Å². The van der Waals surface area contributed by atoms with E-state index in [0.717, 1.165) is 36.7 Å². The van der Waals surface area contributed by atoms with Crippen LogP contribution in [0.2, 0.25) is 5.02 Å². The Morgan fingerprint density at radius 3 is 2.49 bits per heavy atom. The van der Waals surface area contributed by atoms with Gasteiger partial charge in [-0.15, -0.1) is 0 Å². The maximum absolute atomic E-state index is 13.6. The molecule has 1 fully saturated rings. The van der Waals surface area contributed by atoms with Crippen LogP contribution < -0.4 is 0 Å². The van der Waals surface area contributed by atoms with E-state index < -0.39 is 0 Å². The van der Waals surface area contributed by atoms with Gasteiger partial charge in [-0.1, -0.05) is 60.2 Å². The highest BCUT2D eigenvalue weighted by molar-refractivity contribution is 6.30. The Labute approximate surface area is 210 Å². The average Bonchev–Trinajstić information content (AvgIpc) is 3.51. The molecule has 0 N–H and O–H groups in total. The molecule has 35 heavy (non-hydrogen) atoms. The number of carbonyl (C=O) groups is 1. The number of piperazine rings is 1. The quantitative estimate of drug-likeness (QED) is 0.386. The molecule has 2 aromatic carbocycles. The number of rotatable bonds is 6. The van der Waals surface area contributed by atoms with Gasteiger partial charge in [-0.2, -0.15) is 5.10 Å². The second-order valence-electron chi connectivity index (χ2n) is 8.72. The van der Waals surface area contributed by atoms with E-state index in [1.807, 2.05) is 83.4 Å². The first-order valence-corrected chi connectivity index (χ1v) is 12.2. The molecule has 1 aliphatic heterocycles. The lowest BCUT2D eigenvalue weighted by atomic mass is 10.2. The Kier molecular flexibility index (Phi) is 6.84. The lowest BCUT2D eigenvalue weighted by Gasteiger charge is -2.34. The van der Waals surface area contributed by atoms with Crippen LogP contribution in [0, 0.1) is 0 Å². The highest BCUT2D eigenvalue weighted by Crippen LogP contribution is 2.24. The molecule has 1 amide bonds. The molecule has 0 saturated carbocycles. The maximum Gasteiger partial charge on any atom is 0.272 e. The molecule has 0 atom stereocenters. The summed E-state index contributed by atoms with van der Waals surface area (Å²) in [7, 11) is 1.97. The van der Waals surface area contributed by atoms with Gasteiger partial charge < -0.3 is 9.47 Å². The Morgan fingerprint density at radius 1 is 0.971 bits per heavy atom. The summed E-state index contributed by atoms with van der Waals surface area (Å²) in [6.45, 7) is 3.90. The molecule has 0 spiro atoms. The molecule has 4 aromatic rings. The molecule has 0 unspecified atom stereocenters. The van der Waals surface area contributed by atoms with E-state index in [0.29, 0.717) is 23.8 Å². The molecule has 3 heterocycles. The summed E-state index contributed by atoms with van der Waals surface area (Å²) >= 11 is 6.25. The summed E-state index contributed by atoms with van der Waals surface area (Å²) in [5, 5.41) is 5.40. The SMILES string of the molecule is Cn1cccc1-c1cc(C(=O)N2CCN(C/C=C/c3ccccc3)CC2)n(-c2cccc(Cl)c2)n1. The molecule has 0 radical (unpaired) electrons. The summed E-state index contributed by atoms with van der Waals surface area (Å²) in [4.78, 5) is 17.9. The fraction of sp³-hybridized carbons (Fsp3) is 0.214. The molecular weight excluding hydrogens is 458 g/mol. The van der Waals surface area contributed by atoms with Crippen LogP contribution in [-0.2, 0) is 7.05 Å². The van der Waals surface area contributed by atoms with Crippen molar-refractivity contribution in [2.75, 3.05) is 32.7 Å². The molecule has 7 heteroatoms. The number of aromatic nitrogens is 3. The van der Waals surface area contributed by atoms with Gasteiger partial charge in [0.25, 0.3) is 5.91 Å². The van der Waals surface area contributed by atoms with Crippen LogP contribution in [0.5, 0.6) is 0 Å². The second kappa shape index (κ2) is 10.3. The van der Waals surface area contributed by atoms with Crippen LogP contribution in [-0.4, -0.2) is 62.8 Å². The first kappa shape index (κ1) is 23.1. The predicted octanol–water partition coefficient (Wildman–Crippen LogP) is 5.00. The molecular formula is C28H28ClN5O. The summed E-state index contributed by atoms with van der Waals surface area (Å²) < 4.78 is 3.71. The molecule has 5 rings (SSSR count). The number of halogens is 1. The van der Waals surface area contributed by atoms with Gasteiger partial charge in [-0.25, -0.2) is 4.68 Å². The minimum atomic E-state index is -0.0163. The average molecular weight is 486 g/mol. The summed E-state index contributed by atoms with van der Waals surface area (Å²) in [5.41, 5.74) is 4.22. The van der Waals surface area contributed by atoms with Gasteiger partial charge in [0, 0.05) is 51.0 Å². The van der Waals surface area contributed by atoms with Crippen molar-refractivity contribution < 1.29 is 4.79 Å². The largest absolute Gasteiger partial charge is 0.349 e. The topological polar surface area (TPSA) is 46.3 Å². The molecule has 0 bridgehead atoms. The fourth-order valence-corrected chi connectivity index (χ4v) is 4.57. The van der Waals surface area contributed by atoms with Crippen LogP contribution in [0.4, 0.5) is 0 Å². The Bertz CT molecular complexity index is 1330. The van der Waals surface area contributed by atoms with Gasteiger partial charge in [-0.05, 0) is 42.0 Å². The molecule has 178 valence electrons. The minimum Gasteiger partial charge on any atom is -0.349 e. The third kappa shape index (κ3) is 5.24. The number of nitrogens with zero attached hydrogens (tertiary/aromatic N) is 5. The van der Waals surface area contributed by atoms with E-state index in [4.69, 9.17) is 16.7 Å². The van der Waals surface area contributed by atoms with Crippen LogP contribution in [0.3, 0.4) is 0 Å². The number of hydrogen-bond acceptors (Lipinski definition) is 3. The van der Waals surface area contributed by atoms with Crippen LogP contribution in [0.1, 0.15) is 16.1 Å². The number of amides is 1. The zero-order chi connectivity index (χ0) is 24.2. The zero-order valence-corrected chi connectivity index (χ0v) is 20.5. The highest BCUT2D eigenvalue weighted by Gasteiger charge is 2.26. The maximum atomic E-state index is 13.6. The third-order valence-electron chi connectivity index (χ3n) is 6.32. The Balaban J connectivity index is 1.32. The van der Waals surface area contributed by atoms with Gasteiger partial charge in [-0.3, -0.25) is 9.69 Å². The summed E-state index contributed by atoms with van der Waals surface area (Å²) in [6.07, 6.45) is 6.31. The number of aryl methyl sites for hydroxylation is 1. The van der Waals surface area contributed by atoms with Crippen molar-refractivity contribution in [1.29, 1.82) is 0 Å². The molecule has 1 saturated heterocycles. The van der Waals surface area contributed by atoms with Crippen molar-refractivity contribution in [3.8, 4) is 17.1 Å². The van der Waals surface area contributed by atoms with Gasteiger partial charge in [0.05, 0.1) is 11.4 Å². The fourth-order valence-electron chi connectivity index (χ4n) is 4.39. The van der Waals surface area contributed by atoms with Crippen molar-refractivity contribution in [1.82, 2.24) is 24.1 Å². The Hall–Kier alpha value is -3.61. The van der Waals surface area contributed by atoms with Crippen LogP contribution >= 0.6 is 11.6 Å². The van der Waals surface area contributed by atoms with Crippen LogP contribution in [0.15, 0.2) is 85.1 Å². The van der Waals surface area contributed by atoms with Crippen molar-refractivity contribution >= 4 is 23.6 Å². The predicted molar refractivity (Wildman–Crippen MR) is 141 cm³/mol. The van der Waals surface area contributed by atoms with Gasteiger partial charge in [0.15, 0.2) is 0 Å². The lowest BCUT2D eigenvalue weighted by Crippen LogP contribution is -2.49. The van der Waals surface area contributed by atoms with Gasteiger partial charge >= 0.3 is 0 Å². The number of hydrogen-bond donors (Lipinski definition) is 0. The Morgan fingerprint density at radius 2 is 1.77 bits per heavy atom. The first-order valence-electron chi connectivity index (χ1n) is 11.8. The zero-order valence-electron chi connectivity index (χ0n) is 19.7. The standard InChI is InChI=1S/C28H28ClN5O/c1-31-14-7-13-26(31)25-21-27(34(30-25)24-12-5-11-23(29)20-24)28(35)33-18-16-32(17-19-33)15-6-10-22-8-3-2-4-9-22/h2-14,20-21H,15-19H2,1H3/b10-6+. The second-order valence-corrected chi connectivity index (χ2v) is 9.15. The molecule has 0 aliphatic carbocycles. The monoisotopic (exact) mass is 485 g/mol. The van der Waals surface area contributed by atoms with Crippen LogP contribution in [0.25, 0.3) is 23.2 Å². The lowest BCUT2D eigenvalue weighted by molar-refractivity contribution is 0.0641. The van der Waals surface area contributed by atoms with E-state index in [1.165, 1.54) is 5.56 Å². The van der Waals surface area contributed by atoms with E-state index >= 15 is 0 Å². The van der Waals surface area contributed by atoms with Crippen molar-refractivity contribution in [3.63, 3.8) is 0 Å². The van der Waals surface area contributed by atoms with Gasteiger partial charge in [0.2, 0.25) is 0 Å². The van der Waals surface area contributed by atoms with Crippen molar-refractivity contribution in [3.05, 3.63) is 101 Å². The molecule has 2 aromatic heterocycles. The highest BCUT2D eigenvalue weighted by atomic mass is 35.5. The molecule has 1 aliphatic rings. The smallest absolute Gasteiger partial charge is 0.272 e. The van der Waals surface area contributed by atoms with Gasteiger partial charge in [0.1, 0.15) is 11.4 Å². The minimum absolute atomic E-state index is 0.0163. The summed E-state index contributed by atoms with van der Waals surface area (Å²) in [5.74, 6) is -0.0163. The summed E-state index contributed by atoms with van der Waals surface area (Å²) in [6, 6.07) is 23.6. The van der Waals surface area contributed by atoms with E-state index in [2.05, 4.69) is 29.2 Å². The number of carbonyl (C=O) groups excluding carboxylic acids is 1. The first-order chi connectivity index (χ1) is 17.1. The molecule has 6 nitrogen and oxygen atoms in total. The number of benzene rings is 2.